The molecule has 9 nitrogen and oxygen atoms in total. The van der Waals surface area contributed by atoms with Gasteiger partial charge < -0.3 is 19.3 Å². The number of anilines is 1. The molecule has 1 aliphatic carbocycles. The van der Waals surface area contributed by atoms with Gasteiger partial charge in [0.05, 0.1) is 32.0 Å². The molecule has 0 spiro atoms. The van der Waals surface area contributed by atoms with E-state index in [9.17, 15) is 14.9 Å². The normalized spacial score (nSPS) is 16.7. The van der Waals surface area contributed by atoms with Crippen LogP contribution < -0.4 is 9.64 Å². The number of rotatable bonds is 11. The van der Waals surface area contributed by atoms with Crippen LogP contribution in [-0.2, 0) is 21.5 Å². The zero-order valence-electron chi connectivity index (χ0n) is 26.3. The van der Waals surface area contributed by atoms with E-state index in [-0.39, 0.29) is 46.6 Å². The van der Waals surface area contributed by atoms with Gasteiger partial charge in [0.15, 0.2) is 5.78 Å². The van der Waals surface area contributed by atoms with E-state index in [1.165, 1.54) is 7.11 Å². The van der Waals surface area contributed by atoms with Gasteiger partial charge in [-0.1, -0.05) is 26.8 Å². The number of ketones is 1. The molecule has 0 bridgehead atoms. The number of unbranched alkanes of at least 4 members (excludes halogenated alkanes) is 1. The number of methoxy groups -OCH3 is 1. The average molecular weight is 667 g/mol. The minimum absolute atomic E-state index is 0. The quantitative estimate of drug-likeness (QED) is 0.168. The molecule has 0 amide bonds. The SMILES string of the molecule is Br.COC(=O)CCCCOc1c(N2CCC(C#N)CC2)cc(C(=O)CN2Cc3ccc(C4CC4)nc3C2=N)cc1C(C)(C)C. The first-order chi connectivity index (χ1) is 20.6. The van der Waals surface area contributed by atoms with Crippen molar-refractivity contribution in [2.24, 2.45) is 5.92 Å². The van der Waals surface area contributed by atoms with Crippen molar-refractivity contribution in [1.29, 1.82) is 10.7 Å². The number of carbonyl (C=O) groups is 2. The minimum atomic E-state index is -0.308. The summed E-state index contributed by atoms with van der Waals surface area (Å²) in [6, 6.07) is 10.4. The molecular formula is C34H44BrN5O4. The lowest BCUT2D eigenvalue weighted by atomic mass is 9.84. The van der Waals surface area contributed by atoms with Crippen LogP contribution in [0.3, 0.4) is 0 Å². The topological polar surface area (TPSA) is 120 Å². The van der Waals surface area contributed by atoms with Gasteiger partial charge in [-0.3, -0.25) is 15.0 Å². The maximum Gasteiger partial charge on any atom is 0.305 e. The van der Waals surface area contributed by atoms with E-state index in [1.54, 1.807) is 0 Å². The molecule has 1 aromatic carbocycles. The first kappa shape index (κ1) is 33.4. The van der Waals surface area contributed by atoms with Gasteiger partial charge >= 0.3 is 5.97 Å². The molecule has 3 heterocycles. The number of carbonyl (C=O) groups excluding carboxylic acids is 2. The van der Waals surface area contributed by atoms with Crippen molar-refractivity contribution in [1.82, 2.24) is 9.88 Å². The lowest BCUT2D eigenvalue weighted by Gasteiger charge is -2.35. The Morgan fingerprint density at radius 1 is 1.11 bits per heavy atom. The molecule has 10 heteroatoms. The van der Waals surface area contributed by atoms with Gasteiger partial charge in [-0.2, -0.15) is 5.26 Å². The summed E-state index contributed by atoms with van der Waals surface area (Å²) in [4.78, 5) is 34.3. The Labute approximate surface area is 271 Å². The number of ether oxygens (including phenoxy) is 2. The summed E-state index contributed by atoms with van der Waals surface area (Å²) in [5.74, 6) is 1.33. The number of halogens is 1. The van der Waals surface area contributed by atoms with Gasteiger partial charge in [-0.05, 0) is 62.1 Å². The van der Waals surface area contributed by atoms with E-state index in [2.05, 4.69) is 43.9 Å². The number of piperidine rings is 1. The fourth-order valence-electron chi connectivity index (χ4n) is 5.89. The summed E-state index contributed by atoms with van der Waals surface area (Å²) in [5.41, 5.74) is 4.85. The van der Waals surface area contributed by atoms with Gasteiger partial charge in [-0.15, -0.1) is 17.0 Å². The fourth-order valence-corrected chi connectivity index (χ4v) is 5.89. The second-order valence-electron chi connectivity index (χ2n) is 13.0. The summed E-state index contributed by atoms with van der Waals surface area (Å²) in [7, 11) is 1.40. The molecule has 1 N–H and O–H groups in total. The van der Waals surface area contributed by atoms with Crippen LogP contribution in [0, 0.1) is 22.7 Å². The van der Waals surface area contributed by atoms with Gasteiger partial charge in [0.1, 0.15) is 17.3 Å². The number of esters is 1. The van der Waals surface area contributed by atoms with Crippen molar-refractivity contribution in [3.8, 4) is 11.8 Å². The monoisotopic (exact) mass is 665 g/mol. The van der Waals surface area contributed by atoms with Gasteiger partial charge in [0, 0.05) is 60.3 Å². The standard InChI is InChI=1S/C34H43N5O4.BrH/c1-34(2,3)26-17-25(29(40)21-39-20-24-10-11-27(23-8-9-23)37-31(24)33(39)36)18-28(38-14-12-22(19-35)13-15-38)32(26)43-16-6-5-7-30(41)42-4;/h10-11,17-18,22-23,36H,5-9,12-16,20-21H2,1-4H3;1H. The minimum Gasteiger partial charge on any atom is -0.491 e. The third kappa shape index (κ3) is 7.60. The van der Waals surface area contributed by atoms with Crippen molar-refractivity contribution in [2.75, 3.05) is 38.3 Å². The molecule has 2 fully saturated rings. The molecule has 2 aliphatic heterocycles. The number of fused-ring (bicyclic) bond motifs is 1. The summed E-state index contributed by atoms with van der Waals surface area (Å²) in [5, 5.41) is 18.3. The molecule has 5 rings (SSSR count). The third-order valence-electron chi connectivity index (χ3n) is 8.70. The summed E-state index contributed by atoms with van der Waals surface area (Å²) in [6.45, 7) is 8.80. The predicted molar refractivity (Wildman–Crippen MR) is 175 cm³/mol. The number of pyridine rings is 1. The van der Waals surface area contributed by atoms with Crippen LogP contribution in [0.1, 0.15) is 105 Å². The summed E-state index contributed by atoms with van der Waals surface area (Å²) >= 11 is 0. The van der Waals surface area contributed by atoms with Crippen LogP contribution in [0.25, 0.3) is 0 Å². The predicted octanol–water partition coefficient (Wildman–Crippen LogP) is 6.32. The molecule has 2 aromatic rings. The third-order valence-corrected chi connectivity index (χ3v) is 8.70. The van der Waals surface area contributed by atoms with Crippen molar-refractivity contribution < 1.29 is 19.1 Å². The van der Waals surface area contributed by atoms with E-state index >= 15 is 0 Å². The van der Waals surface area contributed by atoms with Crippen LogP contribution >= 0.6 is 17.0 Å². The first-order valence-corrected chi connectivity index (χ1v) is 15.5. The van der Waals surface area contributed by atoms with E-state index in [4.69, 9.17) is 19.9 Å². The first-order valence-electron chi connectivity index (χ1n) is 15.5. The Hall–Kier alpha value is -3.45. The highest BCUT2D eigenvalue weighted by atomic mass is 79.9. The van der Waals surface area contributed by atoms with Crippen LogP contribution in [0.4, 0.5) is 5.69 Å². The number of hydrogen-bond donors (Lipinski definition) is 1. The van der Waals surface area contributed by atoms with Crippen molar-refractivity contribution >= 4 is 40.3 Å². The van der Waals surface area contributed by atoms with Crippen LogP contribution in [0.2, 0.25) is 0 Å². The lowest BCUT2D eigenvalue weighted by molar-refractivity contribution is -0.140. The number of nitriles is 1. The van der Waals surface area contributed by atoms with Crippen LogP contribution in [0.5, 0.6) is 5.75 Å². The van der Waals surface area contributed by atoms with E-state index in [1.807, 2.05) is 17.0 Å². The molecule has 0 unspecified atom stereocenters. The molecule has 236 valence electrons. The highest BCUT2D eigenvalue weighted by Crippen LogP contribution is 2.42. The Balaban J connectivity index is 0.00000442. The number of amidine groups is 1. The lowest BCUT2D eigenvalue weighted by Crippen LogP contribution is -2.34. The Morgan fingerprint density at radius 3 is 2.48 bits per heavy atom. The van der Waals surface area contributed by atoms with Gasteiger partial charge in [-0.25, -0.2) is 4.98 Å². The van der Waals surface area contributed by atoms with Gasteiger partial charge in [0.25, 0.3) is 0 Å². The van der Waals surface area contributed by atoms with Crippen LogP contribution in [-0.4, -0.2) is 60.8 Å². The van der Waals surface area contributed by atoms with Gasteiger partial charge in [0.2, 0.25) is 0 Å². The van der Waals surface area contributed by atoms with E-state index in [0.29, 0.717) is 68.5 Å². The second kappa shape index (κ2) is 14.1. The average Bonchev–Trinajstić information content (AvgIpc) is 3.81. The molecule has 44 heavy (non-hydrogen) atoms. The smallest absolute Gasteiger partial charge is 0.305 e. The zero-order valence-corrected chi connectivity index (χ0v) is 28.0. The largest absolute Gasteiger partial charge is 0.491 e. The van der Waals surface area contributed by atoms with E-state index in [0.717, 1.165) is 53.9 Å². The molecule has 1 aromatic heterocycles. The van der Waals surface area contributed by atoms with Crippen LogP contribution in [0.15, 0.2) is 24.3 Å². The molecular weight excluding hydrogens is 622 g/mol. The molecule has 3 aliphatic rings. The fraction of sp³-hybridized carbons (Fsp3) is 0.559. The second-order valence-corrected chi connectivity index (χ2v) is 13.0. The maximum absolute atomic E-state index is 13.9. The Morgan fingerprint density at radius 2 is 1.84 bits per heavy atom. The number of nitrogens with one attached hydrogen (secondary N) is 1. The molecule has 0 atom stereocenters. The van der Waals surface area contributed by atoms with E-state index < -0.39 is 0 Å². The molecule has 1 saturated heterocycles. The Kier molecular flexibility index (Phi) is 10.7. The Bertz CT molecular complexity index is 1430. The number of Topliss-reactive ketones (excluding diaryl/α,β-unsaturated/α-hetero) is 1. The zero-order chi connectivity index (χ0) is 30.7. The number of nitrogens with zero attached hydrogens (tertiary/aromatic N) is 4. The van der Waals surface area contributed by atoms with Crippen molar-refractivity contribution in [3.63, 3.8) is 0 Å². The maximum atomic E-state index is 13.9. The molecule has 0 radical (unpaired) electrons. The molecule has 1 saturated carbocycles. The number of hydrogen-bond acceptors (Lipinski definition) is 8. The van der Waals surface area contributed by atoms with Crippen molar-refractivity contribution in [3.05, 3.63) is 52.3 Å². The highest BCUT2D eigenvalue weighted by molar-refractivity contribution is 8.93. The summed E-state index contributed by atoms with van der Waals surface area (Å²) in [6.07, 6.45) is 5.54. The summed E-state index contributed by atoms with van der Waals surface area (Å²) < 4.78 is 11.2. The number of benzene rings is 1. The number of aromatic nitrogens is 1. The highest BCUT2D eigenvalue weighted by Gasteiger charge is 2.33. The van der Waals surface area contributed by atoms with Crippen molar-refractivity contribution in [2.45, 2.75) is 83.6 Å².